The van der Waals surface area contributed by atoms with E-state index in [0.717, 1.165) is 18.6 Å². The molecule has 1 atom stereocenters. The van der Waals surface area contributed by atoms with Gasteiger partial charge in [-0.3, -0.25) is 0 Å². The Balaban J connectivity index is 2.24. The number of hydrogen-bond acceptors (Lipinski definition) is 1. The van der Waals surface area contributed by atoms with Gasteiger partial charge in [0, 0.05) is 0 Å². The van der Waals surface area contributed by atoms with E-state index in [1.807, 2.05) is 42.5 Å². The summed E-state index contributed by atoms with van der Waals surface area (Å²) in [4.78, 5) is 0. The fraction of sp³-hybridized carbons (Fsp3) is 0.375. The van der Waals surface area contributed by atoms with Crippen LogP contribution in [0.4, 0.5) is 0 Å². The Morgan fingerprint density at radius 1 is 1.06 bits per heavy atom. The second-order valence-corrected chi connectivity index (χ2v) is 4.13. The first-order valence-corrected chi connectivity index (χ1v) is 6.32. The molecular formula is C16H22O. The van der Waals surface area contributed by atoms with Gasteiger partial charge in [0.05, 0.1) is 0 Å². The summed E-state index contributed by atoms with van der Waals surface area (Å²) in [7, 11) is 0. The van der Waals surface area contributed by atoms with E-state index < -0.39 is 0 Å². The summed E-state index contributed by atoms with van der Waals surface area (Å²) in [5.74, 6) is 0.920. The highest BCUT2D eigenvalue weighted by Crippen LogP contribution is 2.15. The third kappa shape index (κ3) is 5.96. The Labute approximate surface area is 105 Å². The average molecular weight is 230 g/mol. The number of ether oxygens (including phenoxy) is 1. The van der Waals surface area contributed by atoms with Crippen molar-refractivity contribution in [3.05, 3.63) is 55.6 Å². The molecule has 92 valence electrons. The van der Waals surface area contributed by atoms with Gasteiger partial charge in [-0.25, -0.2) is 0 Å². The lowest BCUT2D eigenvalue weighted by molar-refractivity contribution is 0.234. The Hall–Kier alpha value is -1.50. The van der Waals surface area contributed by atoms with Crippen molar-refractivity contribution < 1.29 is 4.74 Å². The van der Waals surface area contributed by atoms with Crippen LogP contribution in [-0.4, -0.2) is 6.10 Å². The van der Waals surface area contributed by atoms with Crippen LogP contribution in [-0.2, 0) is 0 Å². The molecule has 0 aromatic heterocycles. The van der Waals surface area contributed by atoms with Crippen molar-refractivity contribution in [1.82, 2.24) is 0 Å². The van der Waals surface area contributed by atoms with E-state index in [9.17, 15) is 0 Å². The molecule has 0 saturated heterocycles. The maximum absolute atomic E-state index is 5.83. The zero-order chi connectivity index (χ0) is 12.3. The molecule has 0 fully saturated rings. The van der Waals surface area contributed by atoms with Crippen molar-refractivity contribution in [2.24, 2.45) is 0 Å². The minimum absolute atomic E-state index is 0.126. The van der Waals surface area contributed by atoms with Gasteiger partial charge in [-0.15, -0.1) is 6.58 Å². The SMILES string of the molecule is C=CCCCCCC(C=C)Oc1ccccc1. The number of benzene rings is 1. The Morgan fingerprint density at radius 2 is 1.82 bits per heavy atom. The highest BCUT2D eigenvalue weighted by Gasteiger charge is 2.05. The molecule has 17 heavy (non-hydrogen) atoms. The monoisotopic (exact) mass is 230 g/mol. The van der Waals surface area contributed by atoms with Crippen LogP contribution in [0.15, 0.2) is 55.6 Å². The van der Waals surface area contributed by atoms with Crippen LogP contribution in [0.25, 0.3) is 0 Å². The molecule has 0 heterocycles. The zero-order valence-corrected chi connectivity index (χ0v) is 10.5. The molecule has 1 aromatic rings. The molecule has 0 aliphatic heterocycles. The first kappa shape index (κ1) is 13.6. The molecule has 0 N–H and O–H groups in total. The van der Waals surface area contributed by atoms with Crippen LogP contribution in [0.2, 0.25) is 0 Å². The van der Waals surface area contributed by atoms with Gasteiger partial charge in [0.15, 0.2) is 0 Å². The number of unbranched alkanes of at least 4 members (excludes halogenated alkanes) is 3. The molecule has 0 spiro atoms. The predicted molar refractivity (Wildman–Crippen MR) is 74.3 cm³/mol. The van der Waals surface area contributed by atoms with Crippen LogP contribution in [0.3, 0.4) is 0 Å². The van der Waals surface area contributed by atoms with E-state index in [2.05, 4.69) is 13.2 Å². The minimum Gasteiger partial charge on any atom is -0.486 e. The quantitative estimate of drug-likeness (QED) is 0.439. The molecule has 0 aliphatic carbocycles. The van der Waals surface area contributed by atoms with Gasteiger partial charge in [0.2, 0.25) is 0 Å². The van der Waals surface area contributed by atoms with Crippen LogP contribution in [0.5, 0.6) is 5.75 Å². The molecule has 1 nitrogen and oxygen atoms in total. The zero-order valence-electron chi connectivity index (χ0n) is 10.5. The fourth-order valence-corrected chi connectivity index (χ4v) is 1.71. The van der Waals surface area contributed by atoms with Crippen LogP contribution < -0.4 is 4.74 Å². The molecular weight excluding hydrogens is 208 g/mol. The third-order valence-corrected chi connectivity index (χ3v) is 2.69. The highest BCUT2D eigenvalue weighted by molar-refractivity contribution is 5.21. The second-order valence-electron chi connectivity index (χ2n) is 4.13. The predicted octanol–water partition coefficient (Wildman–Crippen LogP) is 4.76. The normalized spacial score (nSPS) is 11.8. The fourth-order valence-electron chi connectivity index (χ4n) is 1.71. The van der Waals surface area contributed by atoms with Gasteiger partial charge in [-0.05, 0) is 37.8 Å². The van der Waals surface area contributed by atoms with E-state index >= 15 is 0 Å². The molecule has 0 bridgehead atoms. The van der Waals surface area contributed by atoms with Crippen molar-refractivity contribution in [3.63, 3.8) is 0 Å². The number of allylic oxidation sites excluding steroid dienone is 1. The van der Waals surface area contributed by atoms with Gasteiger partial charge >= 0.3 is 0 Å². The van der Waals surface area contributed by atoms with Crippen molar-refractivity contribution in [2.75, 3.05) is 0 Å². The van der Waals surface area contributed by atoms with Gasteiger partial charge in [-0.1, -0.05) is 43.4 Å². The van der Waals surface area contributed by atoms with Gasteiger partial charge in [0.1, 0.15) is 11.9 Å². The highest BCUT2D eigenvalue weighted by atomic mass is 16.5. The van der Waals surface area contributed by atoms with Crippen molar-refractivity contribution in [1.29, 1.82) is 0 Å². The van der Waals surface area contributed by atoms with Crippen molar-refractivity contribution in [3.8, 4) is 5.75 Å². The summed E-state index contributed by atoms with van der Waals surface area (Å²) in [6.45, 7) is 7.56. The summed E-state index contributed by atoms with van der Waals surface area (Å²) < 4.78 is 5.83. The Kier molecular flexibility index (Phi) is 6.89. The van der Waals surface area contributed by atoms with Gasteiger partial charge in [0.25, 0.3) is 0 Å². The Bertz CT molecular complexity index is 316. The molecule has 0 aliphatic rings. The minimum atomic E-state index is 0.126. The molecule has 1 unspecified atom stereocenters. The molecule has 1 heteroatoms. The number of rotatable bonds is 9. The maximum Gasteiger partial charge on any atom is 0.120 e. The summed E-state index contributed by atoms with van der Waals surface area (Å²) in [6, 6.07) is 9.92. The summed E-state index contributed by atoms with van der Waals surface area (Å²) in [5.41, 5.74) is 0. The average Bonchev–Trinajstić information content (AvgIpc) is 2.38. The molecule has 0 amide bonds. The van der Waals surface area contributed by atoms with E-state index in [0.29, 0.717) is 0 Å². The summed E-state index contributed by atoms with van der Waals surface area (Å²) in [5, 5.41) is 0. The first-order valence-electron chi connectivity index (χ1n) is 6.32. The molecule has 1 aromatic carbocycles. The van der Waals surface area contributed by atoms with E-state index in [-0.39, 0.29) is 6.10 Å². The van der Waals surface area contributed by atoms with E-state index in [4.69, 9.17) is 4.74 Å². The van der Waals surface area contributed by atoms with Crippen molar-refractivity contribution >= 4 is 0 Å². The number of hydrogen-bond donors (Lipinski definition) is 0. The standard InChI is InChI=1S/C16H22O/c1-3-5-6-7-9-12-15(4-2)17-16-13-10-8-11-14-16/h3-4,8,10-11,13-15H,1-2,5-7,9,12H2. The van der Waals surface area contributed by atoms with Gasteiger partial charge < -0.3 is 4.74 Å². The van der Waals surface area contributed by atoms with E-state index in [1.165, 1.54) is 19.3 Å². The van der Waals surface area contributed by atoms with Crippen molar-refractivity contribution in [2.45, 2.75) is 38.2 Å². The first-order chi connectivity index (χ1) is 8.36. The maximum atomic E-state index is 5.83. The number of para-hydroxylation sites is 1. The lowest BCUT2D eigenvalue weighted by atomic mass is 10.1. The smallest absolute Gasteiger partial charge is 0.120 e. The molecule has 0 saturated carbocycles. The van der Waals surface area contributed by atoms with E-state index in [1.54, 1.807) is 0 Å². The lowest BCUT2D eigenvalue weighted by Crippen LogP contribution is -2.12. The van der Waals surface area contributed by atoms with Crippen LogP contribution in [0.1, 0.15) is 32.1 Å². The molecule has 0 radical (unpaired) electrons. The van der Waals surface area contributed by atoms with Crippen LogP contribution in [0, 0.1) is 0 Å². The topological polar surface area (TPSA) is 9.23 Å². The third-order valence-electron chi connectivity index (χ3n) is 2.69. The Morgan fingerprint density at radius 3 is 2.47 bits per heavy atom. The summed E-state index contributed by atoms with van der Waals surface area (Å²) >= 11 is 0. The summed E-state index contributed by atoms with van der Waals surface area (Å²) in [6.07, 6.45) is 9.77. The van der Waals surface area contributed by atoms with Crippen LogP contribution >= 0.6 is 0 Å². The van der Waals surface area contributed by atoms with Gasteiger partial charge in [-0.2, -0.15) is 0 Å². The second kappa shape index (κ2) is 8.63. The largest absolute Gasteiger partial charge is 0.486 e. The lowest BCUT2D eigenvalue weighted by Gasteiger charge is -2.15. The molecule has 1 rings (SSSR count).